The van der Waals surface area contributed by atoms with Crippen LogP contribution >= 0.6 is 23.2 Å². The smallest absolute Gasteiger partial charge is 0.261 e. The third-order valence-electron chi connectivity index (χ3n) is 5.68. The molecule has 140 valence electrons. The Labute approximate surface area is 163 Å². The van der Waals surface area contributed by atoms with Crippen LogP contribution in [0.15, 0.2) is 18.2 Å². The lowest BCUT2D eigenvalue weighted by molar-refractivity contribution is -0.156. The summed E-state index contributed by atoms with van der Waals surface area (Å²) in [5.41, 5.74) is -0.654. The lowest BCUT2D eigenvalue weighted by Crippen LogP contribution is -2.62. The van der Waals surface area contributed by atoms with Gasteiger partial charge in [0.15, 0.2) is 6.61 Å². The number of piperidine rings is 1. The van der Waals surface area contributed by atoms with E-state index in [-0.39, 0.29) is 18.4 Å². The highest BCUT2D eigenvalue weighted by atomic mass is 35.5. The summed E-state index contributed by atoms with van der Waals surface area (Å²) in [5, 5.41) is 0.827. The first-order chi connectivity index (χ1) is 12.5. The Morgan fingerprint density at radius 1 is 1.15 bits per heavy atom. The van der Waals surface area contributed by atoms with E-state index in [1.54, 1.807) is 23.1 Å². The zero-order valence-corrected chi connectivity index (χ0v) is 16.1. The van der Waals surface area contributed by atoms with Crippen molar-refractivity contribution in [1.29, 1.82) is 0 Å². The summed E-state index contributed by atoms with van der Waals surface area (Å²) in [6.45, 7) is 1.34. The molecule has 0 N–H and O–H groups in total. The molecule has 2 aliphatic heterocycles. The molecule has 5 nitrogen and oxygen atoms in total. The van der Waals surface area contributed by atoms with Crippen LogP contribution in [0.4, 0.5) is 0 Å². The summed E-state index contributed by atoms with van der Waals surface area (Å²) in [6.07, 6.45) is 5.52. The quantitative estimate of drug-likeness (QED) is 0.781. The number of halogens is 2. The zero-order valence-electron chi connectivity index (χ0n) is 14.5. The van der Waals surface area contributed by atoms with Gasteiger partial charge in [-0.05, 0) is 50.7 Å². The van der Waals surface area contributed by atoms with Crippen LogP contribution in [0.5, 0.6) is 5.75 Å². The average molecular weight is 397 g/mol. The third-order valence-corrected chi connectivity index (χ3v) is 6.42. The standard InChI is InChI=1S/C19H22Cl2N2O3/c20-15-6-5-14(11-16(15)21)26-12-17(24)23-10-2-8-19(23)7-1-9-22(18(19)25)13-3-4-13/h5-6,11,13H,1-4,7-10,12H2. The van der Waals surface area contributed by atoms with Gasteiger partial charge in [-0.1, -0.05) is 23.2 Å². The molecular weight excluding hydrogens is 375 g/mol. The number of carbonyl (C=O) groups excluding carboxylic acids is 2. The lowest BCUT2D eigenvalue weighted by atomic mass is 9.85. The van der Waals surface area contributed by atoms with Gasteiger partial charge in [-0.25, -0.2) is 0 Å². The highest BCUT2D eigenvalue weighted by molar-refractivity contribution is 6.42. The zero-order chi connectivity index (χ0) is 18.3. The van der Waals surface area contributed by atoms with Crippen LogP contribution in [0.25, 0.3) is 0 Å². The van der Waals surface area contributed by atoms with Crippen molar-refractivity contribution in [2.24, 2.45) is 0 Å². The Bertz CT molecular complexity index is 737. The van der Waals surface area contributed by atoms with Crippen LogP contribution < -0.4 is 4.74 Å². The molecule has 3 aliphatic rings. The molecule has 0 bridgehead atoms. The molecule has 0 aromatic heterocycles. The van der Waals surface area contributed by atoms with Crippen molar-refractivity contribution in [3.63, 3.8) is 0 Å². The second-order valence-corrected chi connectivity index (χ2v) is 8.19. The van der Waals surface area contributed by atoms with Crippen molar-refractivity contribution in [1.82, 2.24) is 9.80 Å². The number of benzene rings is 1. The summed E-state index contributed by atoms with van der Waals surface area (Å²) in [4.78, 5) is 29.8. The SMILES string of the molecule is O=C(COc1ccc(Cl)c(Cl)c1)N1CCCC12CCCN(C1CC1)C2=O. The van der Waals surface area contributed by atoms with Crippen LogP contribution in [-0.4, -0.2) is 52.9 Å². The summed E-state index contributed by atoms with van der Waals surface area (Å²) in [5.74, 6) is 0.502. The number of ether oxygens (including phenoxy) is 1. The van der Waals surface area contributed by atoms with Gasteiger partial charge in [0.2, 0.25) is 5.91 Å². The summed E-state index contributed by atoms with van der Waals surface area (Å²) in [6, 6.07) is 5.31. The first kappa shape index (κ1) is 17.9. The molecule has 4 rings (SSSR count). The van der Waals surface area contributed by atoms with E-state index in [0.717, 1.165) is 45.1 Å². The molecule has 1 aromatic carbocycles. The minimum Gasteiger partial charge on any atom is -0.484 e. The number of likely N-dealkylation sites (tertiary alicyclic amines) is 2. The van der Waals surface area contributed by atoms with E-state index in [1.165, 1.54) is 0 Å². The molecule has 2 saturated heterocycles. The molecular formula is C19H22Cl2N2O3. The van der Waals surface area contributed by atoms with Gasteiger partial charge in [-0.15, -0.1) is 0 Å². The highest BCUT2D eigenvalue weighted by Crippen LogP contribution is 2.41. The predicted molar refractivity (Wildman–Crippen MR) is 99.6 cm³/mol. The van der Waals surface area contributed by atoms with Crippen molar-refractivity contribution in [2.45, 2.75) is 50.1 Å². The number of hydrogen-bond acceptors (Lipinski definition) is 3. The van der Waals surface area contributed by atoms with E-state index >= 15 is 0 Å². The lowest BCUT2D eigenvalue weighted by Gasteiger charge is -2.44. The fourth-order valence-electron chi connectivity index (χ4n) is 4.27. The van der Waals surface area contributed by atoms with E-state index in [4.69, 9.17) is 27.9 Å². The maximum absolute atomic E-state index is 13.2. The summed E-state index contributed by atoms with van der Waals surface area (Å²) < 4.78 is 5.61. The molecule has 1 unspecified atom stereocenters. The topological polar surface area (TPSA) is 49.9 Å². The maximum Gasteiger partial charge on any atom is 0.261 e. The Hall–Kier alpha value is -1.46. The van der Waals surface area contributed by atoms with Gasteiger partial charge in [0.1, 0.15) is 11.3 Å². The van der Waals surface area contributed by atoms with E-state index in [2.05, 4.69) is 0 Å². The Balaban J connectivity index is 1.46. The van der Waals surface area contributed by atoms with Crippen LogP contribution in [0.1, 0.15) is 38.5 Å². The van der Waals surface area contributed by atoms with Gasteiger partial charge >= 0.3 is 0 Å². The van der Waals surface area contributed by atoms with Crippen molar-refractivity contribution in [3.8, 4) is 5.75 Å². The van der Waals surface area contributed by atoms with Crippen LogP contribution in [0.2, 0.25) is 10.0 Å². The van der Waals surface area contributed by atoms with Gasteiger partial charge in [0, 0.05) is 25.2 Å². The molecule has 0 radical (unpaired) electrons. The van der Waals surface area contributed by atoms with E-state index in [0.29, 0.717) is 28.4 Å². The van der Waals surface area contributed by atoms with E-state index < -0.39 is 5.54 Å². The normalized spacial score (nSPS) is 25.8. The van der Waals surface area contributed by atoms with Crippen molar-refractivity contribution < 1.29 is 14.3 Å². The molecule has 1 aliphatic carbocycles. The fraction of sp³-hybridized carbons (Fsp3) is 0.579. The van der Waals surface area contributed by atoms with Gasteiger partial charge in [-0.2, -0.15) is 0 Å². The van der Waals surface area contributed by atoms with Crippen molar-refractivity contribution in [2.75, 3.05) is 19.7 Å². The van der Waals surface area contributed by atoms with Crippen LogP contribution in [0.3, 0.4) is 0 Å². The second-order valence-electron chi connectivity index (χ2n) is 7.38. The average Bonchev–Trinajstić information content (AvgIpc) is 3.38. The minimum atomic E-state index is -0.654. The van der Waals surface area contributed by atoms with Crippen LogP contribution in [-0.2, 0) is 9.59 Å². The molecule has 1 aromatic rings. The number of hydrogen-bond donors (Lipinski definition) is 0. The maximum atomic E-state index is 13.2. The molecule has 2 amide bonds. The van der Waals surface area contributed by atoms with E-state index in [1.807, 2.05) is 4.90 Å². The summed E-state index contributed by atoms with van der Waals surface area (Å²) in [7, 11) is 0. The number of carbonyl (C=O) groups is 2. The Morgan fingerprint density at radius 2 is 1.88 bits per heavy atom. The largest absolute Gasteiger partial charge is 0.484 e. The molecule has 3 fully saturated rings. The molecule has 1 saturated carbocycles. The molecule has 2 heterocycles. The number of nitrogens with zero attached hydrogens (tertiary/aromatic N) is 2. The molecule has 1 atom stereocenters. The second kappa shape index (κ2) is 6.93. The van der Waals surface area contributed by atoms with Crippen LogP contribution in [0, 0.1) is 0 Å². The fourth-order valence-corrected chi connectivity index (χ4v) is 4.55. The first-order valence-corrected chi connectivity index (χ1v) is 9.96. The molecule has 26 heavy (non-hydrogen) atoms. The highest BCUT2D eigenvalue weighted by Gasteiger charge is 2.54. The van der Waals surface area contributed by atoms with Gasteiger partial charge in [0.05, 0.1) is 10.0 Å². The Morgan fingerprint density at radius 3 is 2.58 bits per heavy atom. The monoisotopic (exact) mass is 396 g/mol. The van der Waals surface area contributed by atoms with Crippen molar-refractivity contribution >= 4 is 35.0 Å². The van der Waals surface area contributed by atoms with E-state index in [9.17, 15) is 9.59 Å². The minimum absolute atomic E-state index is 0.101. The number of rotatable bonds is 4. The van der Waals surface area contributed by atoms with Gasteiger partial charge < -0.3 is 14.5 Å². The van der Waals surface area contributed by atoms with Crippen molar-refractivity contribution in [3.05, 3.63) is 28.2 Å². The van der Waals surface area contributed by atoms with Gasteiger partial charge in [-0.3, -0.25) is 9.59 Å². The summed E-state index contributed by atoms with van der Waals surface area (Å²) >= 11 is 11.9. The predicted octanol–water partition coefficient (Wildman–Crippen LogP) is 3.52. The molecule has 1 spiro atoms. The van der Waals surface area contributed by atoms with Gasteiger partial charge in [0.25, 0.3) is 5.91 Å². The Kier molecular flexibility index (Phi) is 4.78. The first-order valence-electron chi connectivity index (χ1n) is 9.21. The third kappa shape index (κ3) is 3.16. The number of amides is 2. The molecule has 7 heteroatoms.